The molecule has 4 heteroatoms. The van der Waals surface area contributed by atoms with E-state index in [1.807, 2.05) is 0 Å². The molecular formula is C18H26O4. The first-order valence-corrected chi connectivity index (χ1v) is 8.64. The Balaban J connectivity index is 2.03. The summed E-state index contributed by atoms with van der Waals surface area (Å²) in [7, 11) is 0. The summed E-state index contributed by atoms with van der Waals surface area (Å²) in [5, 5.41) is 18.5. The predicted molar refractivity (Wildman–Crippen MR) is 84.6 cm³/mol. The highest BCUT2D eigenvalue weighted by Gasteiger charge is 2.29. The maximum absolute atomic E-state index is 9.39. The lowest BCUT2D eigenvalue weighted by molar-refractivity contribution is -0.165. The Bertz CT molecular complexity index is 488. The van der Waals surface area contributed by atoms with E-state index in [1.165, 1.54) is 56.9 Å². The first-order valence-electron chi connectivity index (χ1n) is 8.64. The smallest absolute Gasteiger partial charge is 0.214 e. The van der Waals surface area contributed by atoms with E-state index in [0.29, 0.717) is 17.6 Å². The lowest BCUT2D eigenvalue weighted by Gasteiger charge is -2.30. The van der Waals surface area contributed by atoms with Crippen molar-refractivity contribution in [2.75, 3.05) is 0 Å². The largest absolute Gasteiger partial charge is 0.336 e. The van der Waals surface area contributed by atoms with E-state index in [0.717, 1.165) is 18.4 Å². The zero-order chi connectivity index (χ0) is 15.4. The van der Waals surface area contributed by atoms with Crippen LogP contribution in [0.1, 0.15) is 87.2 Å². The summed E-state index contributed by atoms with van der Waals surface area (Å²) in [5.74, 6) is 1.45. The second-order valence-electron chi connectivity index (χ2n) is 6.75. The summed E-state index contributed by atoms with van der Waals surface area (Å²) in [5.41, 5.74) is 2.36. The Labute approximate surface area is 131 Å². The monoisotopic (exact) mass is 306 g/mol. The molecule has 22 heavy (non-hydrogen) atoms. The van der Waals surface area contributed by atoms with Gasteiger partial charge < -0.3 is 9.78 Å². The van der Waals surface area contributed by atoms with Gasteiger partial charge in [0.1, 0.15) is 0 Å². The summed E-state index contributed by atoms with van der Waals surface area (Å²) in [6, 6.07) is 3.77. The molecular weight excluding hydrogens is 280 g/mol. The second-order valence-corrected chi connectivity index (χ2v) is 6.75. The quantitative estimate of drug-likeness (QED) is 0.570. The second kappa shape index (κ2) is 7.34. The van der Waals surface area contributed by atoms with Crippen LogP contribution in [-0.2, 0) is 0 Å². The Morgan fingerprint density at radius 3 is 1.86 bits per heavy atom. The van der Waals surface area contributed by atoms with Crippen molar-refractivity contribution in [3.63, 3.8) is 0 Å². The molecule has 0 aliphatic heterocycles. The fourth-order valence-electron chi connectivity index (χ4n) is 4.34. The minimum Gasteiger partial charge on any atom is -0.336 e. The summed E-state index contributed by atoms with van der Waals surface area (Å²) in [4.78, 5) is 9.09. The third-order valence-corrected chi connectivity index (χ3v) is 5.44. The van der Waals surface area contributed by atoms with E-state index in [-0.39, 0.29) is 5.75 Å². The molecule has 0 amide bonds. The Hall–Kier alpha value is -1.26. The van der Waals surface area contributed by atoms with Gasteiger partial charge in [0.15, 0.2) is 0 Å². The molecule has 2 N–H and O–H groups in total. The normalized spacial score (nSPS) is 20.8. The topological polar surface area (TPSA) is 58.9 Å². The van der Waals surface area contributed by atoms with Gasteiger partial charge in [-0.1, -0.05) is 44.6 Å². The molecule has 1 aromatic carbocycles. The van der Waals surface area contributed by atoms with E-state index < -0.39 is 0 Å². The Morgan fingerprint density at radius 1 is 0.727 bits per heavy atom. The molecule has 0 spiro atoms. The van der Waals surface area contributed by atoms with Crippen LogP contribution in [0.4, 0.5) is 0 Å². The van der Waals surface area contributed by atoms with Gasteiger partial charge >= 0.3 is 0 Å². The molecule has 2 fully saturated rings. The van der Waals surface area contributed by atoms with Crippen molar-refractivity contribution in [2.45, 2.75) is 76.0 Å². The van der Waals surface area contributed by atoms with Crippen LogP contribution in [0.2, 0.25) is 0 Å². The molecule has 0 aromatic heterocycles. The fraction of sp³-hybridized carbons (Fsp3) is 0.667. The van der Waals surface area contributed by atoms with Crippen LogP contribution in [0.3, 0.4) is 0 Å². The van der Waals surface area contributed by atoms with Crippen LogP contribution in [-0.4, -0.2) is 10.5 Å². The van der Waals surface area contributed by atoms with Crippen LogP contribution < -0.4 is 9.78 Å². The standard InChI is InChI=1S/C18H26O4/c19-21-16-12-11-15(13-7-3-1-4-8-13)17(18(16)22-20)14-9-5-2-6-10-14/h11-14,19-20H,1-10H2. The minimum atomic E-state index is 0.211. The average Bonchev–Trinajstić information content (AvgIpc) is 2.61. The highest BCUT2D eigenvalue weighted by Crippen LogP contribution is 2.47. The fourth-order valence-corrected chi connectivity index (χ4v) is 4.34. The highest BCUT2D eigenvalue weighted by atomic mass is 17.1. The van der Waals surface area contributed by atoms with Gasteiger partial charge in [0, 0.05) is 5.56 Å². The first-order chi connectivity index (χ1) is 10.8. The number of rotatable bonds is 4. The van der Waals surface area contributed by atoms with Gasteiger partial charge in [-0.25, -0.2) is 10.5 Å². The molecule has 0 heterocycles. The van der Waals surface area contributed by atoms with Gasteiger partial charge in [-0.05, 0) is 49.1 Å². The van der Waals surface area contributed by atoms with E-state index >= 15 is 0 Å². The number of benzene rings is 1. The van der Waals surface area contributed by atoms with Crippen LogP contribution in [0, 0.1) is 0 Å². The van der Waals surface area contributed by atoms with Crippen LogP contribution in [0.15, 0.2) is 12.1 Å². The summed E-state index contributed by atoms with van der Waals surface area (Å²) in [6.07, 6.45) is 12.2. The number of hydrogen-bond donors (Lipinski definition) is 2. The maximum Gasteiger partial charge on any atom is 0.214 e. The van der Waals surface area contributed by atoms with Gasteiger partial charge in [0.05, 0.1) is 0 Å². The van der Waals surface area contributed by atoms with Crippen molar-refractivity contribution in [3.8, 4) is 11.5 Å². The van der Waals surface area contributed by atoms with Crippen LogP contribution in [0.25, 0.3) is 0 Å². The predicted octanol–water partition coefficient (Wildman–Crippen LogP) is 5.49. The Kier molecular flexibility index (Phi) is 5.21. The molecule has 122 valence electrons. The van der Waals surface area contributed by atoms with Crippen LogP contribution >= 0.6 is 0 Å². The van der Waals surface area contributed by atoms with Crippen molar-refractivity contribution in [3.05, 3.63) is 23.3 Å². The Morgan fingerprint density at radius 2 is 1.32 bits per heavy atom. The maximum atomic E-state index is 9.39. The molecule has 0 radical (unpaired) electrons. The molecule has 4 nitrogen and oxygen atoms in total. The summed E-state index contributed by atoms with van der Waals surface area (Å²) < 4.78 is 0. The lowest BCUT2D eigenvalue weighted by Crippen LogP contribution is -2.14. The molecule has 0 bridgehead atoms. The molecule has 1 aromatic rings. The van der Waals surface area contributed by atoms with E-state index in [1.54, 1.807) is 6.07 Å². The lowest BCUT2D eigenvalue weighted by atomic mass is 9.75. The van der Waals surface area contributed by atoms with Crippen molar-refractivity contribution in [1.82, 2.24) is 0 Å². The third-order valence-electron chi connectivity index (χ3n) is 5.44. The molecule has 2 aliphatic rings. The highest BCUT2D eigenvalue weighted by molar-refractivity contribution is 5.53. The summed E-state index contributed by atoms with van der Waals surface area (Å²) >= 11 is 0. The van der Waals surface area contributed by atoms with E-state index in [4.69, 9.17) is 5.26 Å². The van der Waals surface area contributed by atoms with Gasteiger partial charge in [-0.2, -0.15) is 0 Å². The first kappa shape index (κ1) is 15.6. The molecule has 0 atom stereocenters. The molecule has 0 saturated heterocycles. The zero-order valence-electron chi connectivity index (χ0n) is 13.1. The zero-order valence-corrected chi connectivity index (χ0v) is 13.1. The van der Waals surface area contributed by atoms with Gasteiger partial charge in [-0.3, -0.25) is 0 Å². The molecule has 2 saturated carbocycles. The van der Waals surface area contributed by atoms with Crippen LogP contribution in [0.5, 0.6) is 11.5 Å². The van der Waals surface area contributed by atoms with Crippen molar-refractivity contribution < 1.29 is 20.3 Å². The van der Waals surface area contributed by atoms with Crippen molar-refractivity contribution >= 4 is 0 Å². The van der Waals surface area contributed by atoms with Crippen molar-refractivity contribution in [2.24, 2.45) is 0 Å². The molecule has 2 aliphatic carbocycles. The van der Waals surface area contributed by atoms with Gasteiger partial charge in [0.2, 0.25) is 11.5 Å². The SMILES string of the molecule is OOc1ccc(C2CCCCC2)c(C2CCCCC2)c1OO. The van der Waals surface area contributed by atoms with E-state index in [2.05, 4.69) is 15.8 Å². The average molecular weight is 306 g/mol. The molecule has 3 rings (SSSR count). The van der Waals surface area contributed by atoms with Gasteiger partial charge in [0.25, 0.3) is 0 Å². The van der Waals surface area contributed by atoms with Crippen molar-refractivity contribution in [1.29, 1.82) is 0 Å². The summed E-state index contributed by atoms with van der Waals surface area (Å²) in [6.45, 7) is 0. The minimum absolute atomic E-state index is 0.211. The van der Waals surface area contributed by atoms with E-state index in [9.17, 15) is 5.26 Å². The third kappa shape index (κ3) is 3.08. The van der Waals surface area contributed by atoms with Gasteiger partial charge in [-0.15, -0.1) is 0 Å². The number of hydrogen-bond acceptors (Lipinski definition) is 4. The molecule has 0 unspecified atom stereocenters.